The fourth-order valence-corrected chi connectivity index (χ4v) is 2.82. The van der Waals surface area contributed by atoms with Gasteiger partial charge in [0.1, 0.15) is 6.10 Å². The average Bonchev–Trinajstić information content (AvgIpc) is 2.53. The first-order valence-corrected chi connectivity index (χ1v) is 7.44. The summed E-state index contributed by atoms with van der Waals surface area (Å²) in [7, 11) is -4.12. The fraction of sp³-hybridized carbons (Fsp3) is 0.889. The van der Waals surface area contributed by atoms with E-state index in [1.807, 2.05) is 0 Å². The van der Waals surface area contributed by atoms with Crippen LogP contribution in [-0.2, 0) is 9.36 Å². The molecule has 0 saturated heterocycles. The monoisotopic (exact) mass is 282 g/mol. The summed E-state index contributed by atoms with van der Waals surface area (Å²) in [5, 5.41) is 21.9. The van der Waals surface area contributed by atoms with Crippen LogP contribution in [-0.4, -0.2) is 56.9 Å². The molecular formula is C9H19N2O6P. The standard InChI is InChI=1S/C9H19N2O6P/c10-4-7(12)11-6-3-5(8(13)9(6)14)1-2-18(15,16)17/h5-6,8-9,13-14H,1-4,10H2,(H,11,12)(H2,15,16,17)/t5-,6+,8+,9-/m1/s1. The maximum Gasteiger partial charge on any atom is 0.325 e. The highest BCUT2D eigenvalue weighted by molar-refractivity contribution is 7.51. The molecule has 0 unspecified atom stereocenters. The van der Waals surface area contributed by atoms with Crippen molar-refractivity contribution in [3.05, 3.63) is 0 Å². The molecule has 0 aromatic rings. The van der Waals surface area contributed by atoms with Crippen molar-refractivity contribution in [3.63, 3.8) is 0 Å². The number of hydrogen-bond acceptors (Lipinski definition) is 5. The number of carbonyl (C=O) groups excluding carboxylic acids is 1. The van der Waals surface area contributed by atoms with Gasteiger partial charge in [-0.05, 0) is 18.8 Å². The zero-order valence-corrected chi connectivity index (χ0v) is 10.7. The topological polar surface area (TPSA) is 153 Å². The van der Waals surface area contributed by atoms with E-state index in [1.54, 1.807) is 0 Å². The SMILES string of the molecule is NCC(=O)N[C@H]1C[C@@H](CCP(=O)(O)O)[C@H](O)[C@@H]1O. The van der Waals surface area contributed by atoms with E-state index < -0.39 is 37.7 Å². The summed E-state index contributed by atoms with van der Waals surface area (Å²) in [4.78, 5) is 28.6. The van der Waals surface area contributed by atoms with Crippen molar-refractivity contribution in [2.24, 2.45) is 11.7 Å². The lowest BCUT2D eigenvalue weighted by molar-refractivity contribution is -0.121. The van der Waals surface area contributed by atoms with Crippen LogP contribution in [0.2, 0.25) is 0 Å². The number of aliphatic hydroxyl groups excluding tert-OH is 2. The van der Waals surface area contributed by atoms with E-state index in [0.29, 0.717) is 0 Å². The number of amides is 1. The second-order valence-electron chi connectivity index (χ2n) is 4.53. The van der Waals surface area contributed by atoms with Crippen molar-refractivity contribution in [1.82, 2.24) is 5.32 Å². The van der Waals surface area contributed by atoms with Crippen LogP contribution in [0, 0.1) is 5.92 Å². The van der Waals surface area contributed by atoms with Gasteiger partial charge in [0.25, 0.3) is 0 Å². The molecule has 18 heavy (non-hydrogen) atoms. The van der Waals surface area contributed by atoms with Crippen LogP contribution in [0.25, 0.3) is 0 Å². The lowest BCUT2D eigenvalue weighted by atomic mass is 10.0. The van der Waals surface area contributed by atoms with Crippen molar-refractivity contribution in [3.8, 4) is 0 Å². The average molecular weight is 282 g/mol. The Hall–Kier alpha value is -0.500. The Morgan fingerprint density at radius 2 is 1.94 bits per heavy atom. The summed E-state index contributed by atoms with van der Waals surface area (Å²) >= 11 is 0. The van der Waals surface area contributed by atoms with Crippen LogP contribution in [0.5, 0.6) is 0 Å². The van der Waals surface area contributed by atoms with E-state index >= 15 is 0 Å². The second kappa shape index (κ2) is 6.10. The summed E-state index contributed by atoms with van der Waals surface area (Å²) in [6, 6.07) is -0.627. The minimum absolute atomic E-state index is 0.0947. The molecule has 1 saturated carbocycles. The molecular weight excluding hydrogens is 263 g/mol. The number of nitrogens with two attached hydrogens (primary N) is 1. The van der Waals surface area contributed by atoms with Gasteiger partial charge >= 0.3 is 7.60 Å². The molecule has 0 bridgehead atoms. The first-order chi connectivity index (χ1) is 8.24. The molecule has 0 spiro atoms. The molecule has 0 aromatic carbocycles. The van der Waals surface area contributed by atoms with Gasteiger partial charge in [-0.1, -0.05) is 0 Å². The second-order valence-corrected chi connectivity index (χ2v) is 6.31. The highest BCUT2D eigenvalue weighted by Gasteiger charge is 2.42. The molecule has 1 amide bonds. The van der Waals surface area contributed by atoms with Gasteiger partial charge < -0.3 is 31.1 Å². The zero-order chi connectivity index (χ0) is 13.9. The Labute approximate surface area is 104 Å². The van der Waals surface area contributed by atoms with Crippen LogP contribution >= 0.6 is 7.60 Å². The lowest BCUT2D eigenvalue weighted by Gasteiger charge is -2.17. The molecule has 106 valence electrons. The van der Waals surface area contributed by atoms with Gasteiger partial charge in [-0.15, -0.1) is 0 Å². The van der Waals surface area contributed by atoms with Gasteiger partial charge in [0.05, 0.1) is 24.9 Å². The summed E-state index contributed by atoms with van der Waals surface area (Å²) < 4.78 is 10.7. The van der Waals surface area contributed by atoms with Gasteiger partial charge in [-0.2, -0.15) is 0 Å². The number of rotatable bonds is 5. The molecule has 1 aliphatic carbocycles. The van der Waals surface area contributed by atoms with E-state index in [1.165, 1.54) is 0 Å². The molecule has 1 aliphatic rings. The van der Waals surface area contributed by atoms with Crippen LogP contribution < -0.4 is 11.1 Å². The molecule has 0 radical (unpaired) electrons. The quantitative estimate of drug-likeness (QED) is 0.311. The molecule has 9 heteroatoms. The van der Waals surface area contributed by atoms with E-state index in [-0.39, 0.29) is 25.5 Å². The van der Waals surface area contributed by atoms with E-state index in [0.717, 1.165) is 0 Å². The number of hydrogen-bond donors (Lipinski definition) is 6. The summed E-state index contributed by atoms with van der Waals surface area (Å²) in [5.74, 6) is -0.891. The molecule has 0 heterocycles. The van der Waals surface area contributed by atoms with Crippen LogP contribution in [0.15, 0.2) is 0 Å². The maximum absolute atomic E-state index is 11.1. The minimum Gasteiger partial charge on any atom is -0.390 e. The molecule has 8 nitrogen and oxygen atoms in total. The van der Waals surface area contributed by atoms with E-state index in [2.05, 4.69) is 5.32 Å². The summed E-state index contributed by atoms with van der Waals surface area (Å²) in [6.07, 6.45) is -2.22. The lowest BCUT2D eigenvalue weighted by Crippen LogP contribution is -2.45. The Balaban J connectivity index is 2.53. The van der Waals surface area contributed by atoms with Crippen molar-refractivity contribution in [2.45, 2.75) is 31.1 Å². The Kier molecular flexibility index (Phi) is 5.27. The first kappa shape index (κ1) is 15.6. The Morgan fingerprint density at radius 1 is 1.33 bits per heavy atom. The number of nitrogens with one attached hydrogen (secondary N) is 1. The molecule has 0 aromatic heterocycles. The van der Waals surface area contributed by atoms with Crippen LogP contribution in [0.3, 0.4) is 0 Å². The molecule has 1 rings (SSSR count). The molecule has 4 atom stereocenters. The van der Waals surface area contributed by atoms with Gasteiger partial charge in [0.2, 0.25) is 5.91 Å². The molecule has 0 aliphatic heterocycles. The Bertz CT molecular complexity index is 346. The normalized spacial score (nSPS) is 32.5. The van der Waals surface area contributed by atoms with Gasteiger partial charge in [0.15, 0.2) is 0 Å². The highest BCUT2D eigenvalue weighted by Crippen LogP contribution is 2.39. The third-order valence-electron chi connectivity index (χ3n) is 3.12. The third kappa shape index (κ3) is 4.31. The largest absolute Gasteiger partial charge is 0.390 e. The smallest absolute Gasteiger partial charge is 0.325 e. The molecule has 7 N–H and O–H groups in total. The fourth-order valence-electron chi connectivity index (χ4n) is 2.15. The number of carbonyl (C=O) groups is 1. The Morgan fingerprint density at radius 3 is 2.44 bits per heavy atom. The van der Waals surface area contributed by atoms with Crippen molar-refractivity contribution in [2.75, 3.05) is 12.7 Å². The van der Waals surface area contributed by atoms with Crippen molar-refractivity contribution in [1.29, 1.82) is 0 Å². The van der Waals surface area contributed by atoms with E-state index in [4.69, 9.17) is 15.5 Å². The highest BCUT2D eigenvalue weighted by atomic mass is 31.2. The van der Waals surface area contributed by atoms with Crippen molar-refractivity contribution >= 4 is 13.5 Å². The third-order valence-corrected chi connectivity index (χ3v) is 3.97. The van der Waals surface area contributed by atoms with Crippen LogP contribution in [0.4, 0.5) is 0 Å². The first-order valence-electron chi connectivity index (χ1n) is 5.64. The summed E-state index contributed by atoms with van der Waals surface area (Å²) in [5.41, 5.74) is 5.12. The van der Waals surface area contributed by atoms with Crippen molar-refractivity contribution < 1.29 is 29.4 Å². The van der Waals surface area contributed by atoms with Gasteiger partial charge in [0, 0.05) is 0 Å². The van der Waals surface area contributed by atoms with Gasteiger partial charge in [-0.25, -0.2) is 0 Å². The van der Waals surface area contributed by atoms with Crippen LogP contribution in [0.1, 0.15) is 12.8 Å². The minimum atomic E-state index is -4.12. The molecule has 1 fully saturated rings. The van der Waals surface area contributed by atoms with Gasteiger partial charge in [-0.3, -0.25) is 9.36 Å². The summed E-state index contributed by atoms with van der Waals surface area (Å²) in [6.45, 7) is -0.216. The number of aliphatic hydroxyl groups is 2. The van der Waals surface area contributed by atoms with E-state index in [9.17, 15) is 19.6 Å². The zero-order valence-electron chi connectivity index (χ0n) is 9.77. The predicted molar refractivity (Wildman–Crippen MR) is 62.6 cm³/mol. The predicted octanol–water partition coefficient (Wildman–Crippen LogP) is -2.26. The maximum atomic E-state index is 11.1.